The van der Waals surface area contributed by atoms with Crippen molar-refractivity contribution in [3.63, 3.8) is 0 Å². The summed E-state index contributed by atoms with van der Waals surface area (Å²) in [5.74, 6) is 0.858. The molecule has 34 heavy (non-hydrogen) atoms. The van der Waals surface area contributed by atoms with Crippen molar-refractivity contribution in [2.24, 2.45) is 5.73 Å². The van der Waals surface area contributed by atoms with E-state index in [0.717, 1.165) is 72.6 Å². The Hall–Kier alpha value is -2.75. The summed E-state index contributed by atoms with van der Waals surface area (Å²) in [6.45, 7) is 3.61. The average molecular weight is 481 g/mol. The first kappa shape index (κ1) is 23.0. The molecule has 1 aliphatic carbocycles. The molecule has 5 rings (SSSR count). The zero-order valence-electron chi connectivity index (χ0n) is 19.7. The number of methoxy groups -OCH3 is 1. The minimum atomic E-state index is -0.123. The molecule has 1 amide bonds. The summed E-state index contributed by atoms with van der Waals surface area (Å²) >= 11 is 1.36. The fraction of sp³-hybridized carbons (Fsp3) is 0.480. The van der Waals surface area contributed by atoms with E-state index >= 15 is 0 Å². The van der Waals surface area contributed by atoms with Gasteiger partial charge in [-0.3, -0.25) is 4.79 Å². The molecule has 3 aromatic heterocycles. The Kier molecular flexibility index (Phi) is 6.42. The van der Waals surface area contributed by atoms with Crippen molar-refractivity contribution in [2.75, 3.05) is 30.8 Å². The molecule has 5 N–H and O–H groups in total. The van der Waals surface area contributed by atoms with Gasteiger partial charge in [0, 0.05) is 49.1 Å². The van der Waals surface area contributed by atoms with Crippen LogP contribution in [-0.4, -0.2) is 54.3 Å². The lowest BCUT2D eigenvalue weighted by Gasteiger charge is -2.29. The first-order chi connectivity index (χ1) is 16.4. The van der Waals surface area contributed by atoms with Gasteiger partial charge in [0.1, 0.15) is 15.5 Å². The molecule has 3 atom stereocenters. The number of pyridine rings is 2. The first-order valence-electron chi connectivity index (χ1n) is 11.9. The standard InChI is InChI=1S/C25H32N6O2S/c1-14-5-8-17-22(27)23(34-25(17)28-14)24(32)29-16-7-9-19-15(12-16)6-10-21(30-19)31-11-3-4-20(33-2)18(26)13-31/h5-6,8,10,16,18,20H,3-4,7,9,11-13,26-27H2,1-2H3,(H,29,32)/t16-,18-,20-/m0/s1. The molecule has 180 valence electrons. The van der Waals surface area contributed by atoms with E-state index in [2.05, 4.69) is 27.3 Å². The Bertz CT molecular complexity index is 1210. The number of hydrogen-bond donors (Lipinski definition) is 3. The number of rotatable bonds is 4. The Morgan fingerprint density at radius 3 is 2.91 bits per heavy atom. The molecule has 1 fully saturated rings. The van der Waals surface area contributed by atoms with Crippen LogP contribution >= 0.6 is 11.3 Å². The zero-order chi connectivity index (χ0) is 23.8. The Labute approximate surface area is 203 Å². The number of thiophene rings is 1. The number of fused-ring (bicyclic) bond motifs is 2. The number of nitrogens with one attached hydrogen (secondary N) is 1. The third-order valence-electron chi connectivity index (χ3n) is 6.98. The van der Waals surface area contributed by atoms with E-state index in [1.807, 2.05) is 19.1 Å². The number of carbonyl (C=O) groups is 1. The highest BCUT2D eigenvalue weighted by molar-refractivity contribution is 7.21. The van der Waals surface area contributed by atoms with Crippen molar-refractivity contribution in [3.8, 4) is 0 Å². The maximum absolute atomic E-state index is 13.0. The Morgan fingerprint density at radius 2 is 2.09 bits per heavy atom. The van der Waals surface area contributed by atoms with Crippen LogP contribution in [0.1, 0.15) is 45.9 Å². The van der Waals surface area contributed by atoms with Gasteiger partial charge in [0.15, 0.2) is 0 Å². The highest BCUT2D eigenvalue weighted by atomic mass is 32.1. The number of hydrogen-bond acceptors (Lipinski definition) is 8. The Morgan fingerprint density at radius 1 is 1.24 bits per heavy atom. The summed E-state index contributed by atoms with van der Waals surface area (Å²) in [6, 6.07) is 8.13. The van der Waals surface area contributed by atoms with Gasteiger partial charge >= 0.3 is 0 Å². The second-order valence-electron chi connectivity index (χ2n) is 9.36. The number of nitrogens with two attached hydrogens (primary N) is 2. The number of aromatic nitrogens is 2. The van der Waals surface area contributed by atoms with E-state index in [-0.39, 0.29) is 24.1 Å². The molecule has 9 heteroatoms. The number of anilines is 2. The zero-order valence-corrected chi connectivity index (χ0v) is 20.5. The van der Waals surface area contributed by atoms with E-state index in [1.54, 1.807) is 7.11 Å². The average Bonchev–Trinajstić information content (AvgIpc) is 3.03. The molecule has 0 saturated carbocycles. The number of aryl methyl sites for hydroxylation is 2. The van der Waals surface area contributed by atoms with Crippen LogP contribution in [0.15, 0.2) is 24.3 Å². The quantitative estimate of drug-likeness (QED) is 0.525. The van der Waals surface area contributed by atoms with Crippen LogP contribution in [0.2, 0.25) is 0 Å². The first-order valence-corrected chi connectivity index (χ1v) is 12.7. The lowest BCUT2D eigenvalue weighted by atomic mass is 9.91. The number of nitrogens with zero attached hydrogens (tertiary/aromatic N) is 3. The fourth-order valence-corrected chi connectivity index (χ4v) is 6.11. The van der Waals surface area contributed by atoms with Gasteiger partial charge < -0.3 is 26.4 Å². The van der Waals surface area contributed by atoms with Crippen molar-refractivity contribution in [2.45, 2.75) is 57.2 Å². The molecule has 2 aliphatic rings. The smallest absolute Gasteiger partial charge is 0.263 e. The molecule has 4 heterocycles. The van der Waals surface area contributed by atoms with Gasteiger partial charge in [0.2, 0.25) is 0 Å². The van der Waals surface area contributed by atoms with Crippen LogP contribution in [-0.2, 0) is 17.6 Å². The minimum Gasteiger partial charge on any atom is -0.397 e. The van der Waals surface area contributed by atoms with Crippen molar-refractivity contribution in [1.29, 1.82) is 0 Å². The number of amides is 1. The Balaban J connectivity index is 1.27. The van der Waals surface area contributed by atoms with Gasteiger partial charge in [-0.2, -0.15) is 0 Å². The third kappa shape index (κ3) is 4.47. The number of nitrogen functional groups attached to an aromatic ring is 1. The van der Waals surface area contributed by atoms with Crippen LogP contribution in [0.25, 0.3) is 10.2 Å². The van der Waals surface area contributed by atoms with Gasteiger partial charge in [-0.1, -0.05) is 6.07 Å². The van der Waals surface area contributed by atoms with Gasteiger partial charge in [0.05, 0.1) is 11.8 Å². The summed E-state index contributed by atoms with van der Waals surface area (Å²) in [5.41, 5.74) is 16.4. The predicted molar refractivity (Wildman–Crippen MR) is 137 cm³/mol. The summed E-state index contributed by atoms with van der Waals surface area (Å²) in [6.07, 6.45) is 4.55. The number of carbonyl (C=O) groups excluding carboxylic acids is 1. The van der Waals surface area contributed by atoms with Gasteiger partial charge in [0.25, 0.3) is 5.91 Å². The normalized spacial score (nSPS) is 22.9. The maximum Gasteiger partial charge on any atom is 0.263 e. The van der Waals surface area contributed by atoms with Crippen molar-refractivity contribution in [1.82, 2.24) is 15.3 Å². The van der Waals surface area contributed by atoms with Crippen LogP contribution in [0.5, 0.6) is 0 Å². The lowest BCUT2D eigenvalue weighted by Crippen LogP contribution is -2.43. The third-order valence-corrected chi connectivity index (χ3v) is 8.09. The highest BCUT2D eigenvalue weighted by Crippen LogP contribution is 2.33. The fourth-order valence-electron chi connectivity index (χ4n) is 5.07. The monoisotopic (exact) mass is 480 g/mol. The van der Waals surface area contributed by atoms with Crippen LogP contribution in [0.3, 0.4) is 0 Å². The summed E-state index contributed by atoms with van der Waals surface area (Å²) in [4.78, 5) is 26.1. The molecule has 1 aliphatic heterocycles. The largest absolute Gasteiger partial charge is 0.397 e. The highest BCUT2D eigenvalue weighted by Gasteiger charge is 2.27. The van der Waals surface area contributed by atoms with Crippen molar-refractivity contribution >= 4 is 39.0 Å². The SMILES string of the molecule is CO[C@H]1CCCN(c2ccc3c(n2)CC[C@H](NC(=O)c2sc4nc(C)ccc4c2N)C3)C[C@@H]1N. The van der Waals surface area contributed by atoms with E-state index in [1.165, 1.54) is 16.9 Å². The van der Waals surface area contributed by atoms with Gasteiger partial charge in [-0.05, 0) is 62.8 Å². The van der Waals surface area contributed by atoms with Crippen molar-refractivity contribution < 1.29 is 9.53 Å². The predicted octanol–water partition coefficient (Wildman–Crippen LogP) is 2.81. The topological polar surface area (TPSA) is 119 Å². The maximum atomic E-state index is 13.0. The lowest BCUT2D eigenvalue weighted by molar-refractivity contribution is 0.0789. The molecule has 0 radical (unpaired) electrons. The molecular formula is C25H32N6O2S. The molecule has 8 nitrogen and oxygen atoms in total. The molecule has 3 aromatic rings. The van der Waals surface area contributed by atoms with E-state index in [4.69, 9.17) is 21.2 Å². The van der Waals surface area contributed by atoms with E-state index in [0.29, 0.717) is 10.6 Å². The number of ether oxygens (including phenoxy) is 1. The van der Waals surface area contributed by atoms with Gasteiger partial charge in [-0.15, -0.1) is 11.3 Å². The summed E-state index contributed by atoms with van der Waals surface area (Å²) in [7, 11) is 1.74. The molecule has 0 spiro atoms. The van der Waals surface area contributed by atoms with E-state index in [9.17, 15) is 4.79 Å². The summed E-state index contributed by atoms with van der Waals surface area (Å²) < 4.78 is 5.55. The minimum absolute atomic E-state index is 0.0228. The van der Waals surface area contributed by atoms with Crippen LogP contribution in [0.4, 0.5) is 11.5 Å². The molecular weight excluding hydrogens is 448 g/mol. The molecule has 1 saturated heterocycles. The second-order valence-corrected chi connectivity index (χ2v) is 10.4. The molecule has 0 unspecified atom stereocenters. The molecule has 0 aromatic carbocycles. The van der Waals surface area contributed by atoms with Gasteiger partial charge in [-0.25, -0.2) is 9.97 Å². The summed E-state index contributed by atoms with van der Waals surface area (Å²) in [5, 5.41) is 4.03. The van der Waals surface area contributed by atoms with Crippen LogP contribution < -0.4 is 21.7 Å². The second kappa shape index (κ2) is 9.48. The van der Waals surface area contributed by atoms with E-state index < -0.39 is 0 Å². The van der Waals surface area contributed by atoms with Crippen LogP contribution in [0, 0.1) is 6.92 Å². The molecule has 0 bridgehead atoms. The van der Waals surface area contributed by atoms with Crippen molar-refractivity contribution in [3.05, 3.63) is 46.1 Å².